The Morgan fingerprint density at radius 2 is 1.65 bits per heavy atom. The molecule has 0 spiro atoms. The van der Waals surface area contributed by atoms with Crippen molar-refractivity contribution >= 4 is 5.97 Å². The lowest BCUT2D eigenvalue weighted by Gasteiger charge is -2.27. The Bertz CT molecular complexity index is 195. The van der Waals surface area contributed by atoms with Gasteiger partial charge in [0, 0.05) is 5.54 Å². The van der Waals surface area contributed by atoms with E-state index in [-0.39, 0.29) is 11.5 Å². The fourth-order valence-corrected chi connectivity index (χ4v) is 1.07. The Morgan fingerprint density at radius 3 is 1.88 bits per heavy atom. The fraction of sp³-hybridized carbons (Fsp3) is 0.929. The van der Waals surface area contributed by atoms with Crippen molar-refractivity contribution in [1.82, 2.24) is 0 Å². The highest BCUT2D eigenvalue weighted by molar-refractivity contribution is 5.68. The van der Waals surface area contributed by atoms with Crippen LogP contribution in [0.2, 0.25) is 0 Å². The lowest BCUT2D eigenvalue weighted by atomic mass is 9.86. The fourth-order valence-electron chi connectivity index (χ4n) is 1.07. The molecule has 0 rings (SSSR count). The van der Waals surface area contributed by atoms with E-state index in [0.29, 0.717) is 5.92 Å². The van der Waals surface area contributed by atoms with Crippen molar-refractivity contribution in [2.45, 2.75) is 72.8 Å². The van der Waals surface area contributed by atoms with Crippen LogP contribution in [0.1, 0.15) is 67.2 Å². The summed E-state index contributed by atoms with van der Waals surface area (Å²) in [5.74, 6) is -0.325. The normalized spacial score (nSPS) is 12.9. The number of carbonyl (C=O) groups is 1. The first-order valence-electron chi connectivity index (χ1n) is 6.64. The van der Waals surface area contributed by atoms with Gasteiger partial charge >= 0.3 is 5.97 Å². The molecule has 0 radical (unpaired) electrons. The smallest absolute Gasteiger partial charge is 0.305 e. The van der Waals surface area contributed by atoms with E-state index in [1.165, 1.54) is 25.7 Å². The summed E-state index contributed by atoms with van der Waals surface area (Å²) in [4.78, 5) is 9.70. The van der Waals surface area contributed by atoms with Crippen molar-refractivity contribution in [3.05, 3.63) is 0 Å². The minimum atomic E-state index is -0.741. The summed E-state index contributed by atoms with van der Waals surface area (Å²) < 4.78 is 0. The average molecular weight is 245 g/mol. The second kappa shape index (κ2) is 9.46. The zero-order valence-corrected chi connectivity index (χ0v) is 12.4. The summed E-state index contributed by atoms with van der Waals surface area (Å²) in [5, 5.41) is 7.99. The van der Waals surface area contributed by atoms with E-state index < -0.39 is 5.97 Å². The average Bonchev–Trinajstić information content (AvgIpc) is 2.17. The third-order valence-electron chi connectivity index (χ3n) is 3.00. The van der Waals surface area contributed by atoms with Gasteiger partial charge in [-0.3, -0.25) is 4.79 Å². The molecule has 1 atom stereocenters. The van der Waals surface area contributed by atoms with Crippen molar-refractivity contribution in [2.24, 2.45) is 17.6 Å². The Labute approximate surface area is 107 Å². The number of unbranched alkanes of at least 4 members (excludes halogenated alkanes) is 2. The quantitative estimate of drug-likeness (QED) is 0.702. The third kappa shape index (κ3) is 13.4. The molecule has 0 aromatic heterocycles. The Morgan fingerprint density at radius 1 is 1.24 bits per heavy atom. The predicted octanol–water partition coefficient (Wildman–Crippen LogP) is 3.67. The molecular weight excluding hydrogens is 214 g/mol. The molecule has 0 heterocycles. The minimum absolute atomic E-state index is 0.00768. The molecule has 0 aliphatic heterocycles. The van der Waals surface area contributed by atoms with Crippen LogP contribution in [0.3, 0.4) is 0 Å². The molecule has 0 bridgehead atoms. The van der Waals surface area contributed by atoms with Gasteiger partial charge in [0.25, 0.3) is 0 Å². The molecule has 0 aliphatic carbocycles. The molecule has 0 amide bonds. The highest BCUT2D eigenvalue weighted by Crippen LogP contribution is 2.19. The molecule has 0 saturated heterocycles. The predicted molar refractivity (Wildman–Crippen MR) is 74.0 cm³/mol. The molecule has 0 saturated carbocycles. The van der Waals surface area contributed by atoms with Gasteiger partial charge < -0.3 is 10.8 Å². The van der Waals surface area contributed by atoms with Crippen LogP contribution >= 0.6 is 0 Å². The zero-order valence-electron chi connectivity index (χ0n) is 12.4. The summed E-state index contributed by atoms with van der Waals surface area (Å²) in [6.45, 7) is 12.0. The van der Waals surface area contributed by atoms with Gasteiger partial charge in [-0.15, -0.1) is 0 Å². The van der Waals surface area contributed by atoms with Crippen LogP contribution in [0.15, 0.2) is 0 Å². The third-order valence-corrected chi connectivity index (χ3v) is 3.00. The molecule has 0 aliphatic rings. The van der Waals surface area contributed by atoms with Gasteiger partial charge in [-0.25, -0.2) is 0 Å². The molecule has 104 valence electrons. The largest absolute Gasteiger partial charge is 0.481 e. The molecule has 0 fully saturated rings. The molecule has 0 aromatic rings. The van der Waals surface area contributed by atoms with Crippen LogP contribution < -0.4 is 5.73 Å². The highest BCUT2D eigenvalue weighted by atomic mass is 16.4. The Kier molecular flexibility index (Phi) is 10.5. The number of carboxylic acids is 1. The summed E-state index contributed by atoms with van der Waals surface area (Å²) in [5.41, 5.74) is 5.97. The van der Waals surface area contributed by atoms with E-state index in [1.54, 1.807) is 13.8 Å². The van der Waals surface area contributed by atoms with Crippen LogP contribution in [-0.2, 0) is 4.79 Å². The topological polar surface area (TPSA) is 63.3 Å². The number of carboxylic acid groups (broad SMARTS) is 1. The van der Waals surface area contributed by atoms with Crippen LogP contribution in [0.25, 0.3) is 0 Å². The van der Waals surface area contributed by atoms with E-state index in [0.717, 1.165) is 0 Å². The van der Waals surface area contributed by atoms with Crippen LogP contribution in [0, 0.1) is 11.8 Å². The van der Waals surface area contributed by atoms with E-state index >= 15 is 0 Å². The SMILES string of the molecule is CC(C)C(=O)O.CCCCCC(C)C(C)(C)N. The highest BCUT2D eigenvalue weighted by Gasteiger charge is 2.19. The maximum atomic E-state index is 9.70. The number of nitrogens with two attached hydrogens (primary N) is 1. The monoisotopic (exact) mass is 245 g/mol. The summed E-state index contributed by atoms with van der Waals surface area (Å²) in [6, 6.07) is 0. The van der Waals surface area contributed by atoms with Gasteiger partial charge in [0.1, 0.15) is 0 Å². The van der Waals surface area contributed by atoms with Gasteiger partial charge in [0.2, 0.25) is 0 Å². The standard InChI is InChI=1S/C10H23N.C4H8O2/c1-5-6-7-8-9(2)10(3,4)11;1-3(2)4(5)6/h9H,5-8,11H2,1-4H3;3H,1-2H3,(H,5,6). The first-order chi connectivity index (χ1) is 7.62. The van der Waals surface area contributed by atoms with Crippen LogP contribution in [-0.4, -0.2) is 16.6 Å². The summed E-state index contributed by atoms with van der Waals surface area (Å²) >= 11 is 0. The van der Waals surface area contributed by atoms with Crippen molar-refractivity contribution in [3.63, 3.8) is 0 Å². The van der Waals surface area contributed by atoms with Crippen molar-refractivity contribution in [3.8, 4) is 0 Å². The Hall–Kier alpha value is -0.570. The summed E-state index contributed by atoms with van der Waals surface area (Å²) in [7, 11) is 0. The van der Waals surface area contributed by atoms with E-state index in [1.807, 2.05) is 0 Å². The summed E-state index contributed by atoms with van der Waals surface area (Å²) in [6.07, 6.45) is 5.26. The molecule has 1 unspecified atom stereocenters. The van der Waals surface area contributed by atoms with Crippen molar-refractivity contribution in [1.29, 1.82) is 0 Å². The molecule has 0 aromatic carbocycles. The zero-order chi connectivity index (χ0) is 14.1. The minimum Gasteiger partial charge on any atom is -0.481 e. The molecular formula is C14H31NO2. The van der Waals surface area contributed by atoms with E-state index in [9.17, 15) is 4.79 Å². The van der Waals surface area contributed by atoms with E-state index in [4.69, 9.17) is 10.8 Å². The lowest BCUT2D eigenvalue weighted by molar-refractivity contribution is -0.140. The second-order valence-electron chi connectivity index (χ2n) is 5.71. The number of aliphatic carboxylic acids is 1. The number of hydrogen-bond acceptors (Lipinski definition) is 2. The van der Waals surface area contributed by atoms with Crippen molar-refractivity contribution in [2.75, 3.05) is 0 Å². The van der Waals surface area contributed by atoms with Crippen molar-refractivity contribution < 1.29 is 9.90 Å². The van der Waals surface area contributed by atoms with Gasteiger partial charge in [-0.1, -0.05) is 47.0 Å². The first-order valence-corrected chi connectivity index (χ1v) is 6.64. The van der Waals surface area contributed by atoms with Gasteiger partial charge in [-0.05, 0) is 26.2 Å². The molecule has 3 N–H and O–H groups in total. The Balaban J connectivity index is 0. The molecule has 17 heavy (non-hydrogen) atoms. The van der Waals surface area contributed by atoms with Crippen LogP contribution in [0.5, 0.6) is 0 Å². The second-order valence-corrected chi connectivity index (χ2v) is 5.71. The maximum absolute atomic E-state index is 9.70. The van der Waals surface area contributed by atoms with Gasteiger partial charge in [0.05, 0.1) is 5.92 Å². The number of rotatable bonds is 6. The number of hydrogen-bond donors (Lipinski definition) is 2. The van der Waals surface area contributed by atoms with E-state index in [2.05, 4.69) is 27.7 Å². The van der Waals surface area contributed by atoms with Gasteiger partial charge in [0.15, 0.2) is 0 Å². The molecule has 3 heteroatoms. The maximum Gasteiger partial charge on any atom is 0.305 e. The lowest BCUT2D eigenvalue weighted by Crippen LogP contribution is -2.39. The first kappa shape index (κ1) is 18.8. The molecule has 3 nitrogen and oxygen atoms in total. The van der Waals surface area contributed by atoms with Crippen LogP contribution in [0.4, 0.5) is 0 Å². The van der Waals surface area contributed by atoms with Gasteiger partial charge in [-0.2, -0.15) is 0 Å².